The highest BCUT2D eigenvalue weighted by Crippen LogP contribution is 2.33. The largest absolute Gasteiger partial charge is 0.480 e. The van der Waals surface area contributed by atoms with Crippen molar-refractivity contribution in [2.45, 2.75) is 44.7 Å². The number of carboxylic acid groups (broad SMARTS) is 1. The number of carbonyl (C=O) groups is 2. The highest BCUT2D eigenvalue weighted by atomic mass is 16.4. The van der Waals surface area contributed by atoms with Gasteiger partial charge in [0.15, 0.2) is 0 Å². The van der Waals surface area contributed by atoms with Crippen LogP contribution in [0.1, 0.15) is 32.6 Å². The standard InChI is InChI=1S/C11H18N2O3/c1-2-13(8-5-6-8)11(16)12-9(10(14)15)7-3-4-7/h7-9H,2-6H2,1H3,(H,12,16)(H,14,15). The Morgan fingerprint density at radius 3 is 2.38 bits per heavy atom. The first-order valence-corrected chi connectivity index (χ1v) is 5.93. The van der Waals surface area contributed by atoms with Gasteiger partial charge in [-0.1, -0.05) is 0 Å². The minimum atomic E-state index is -0.914. The summed E-state index contributed by atoms with van der Waals surface area (Å²) in [6.45, 7) is 2.57. The normalized spacial score (nSPS) is 21.3. The first-order chi connectivity index (χ1) is 7.63. The first-order valence-electron chi connectivity index (χ1n) is 5.93. The Bertz CT molecular complexity index is 298. The summed E-state index contributed by atoms with van der Waals surface area (Å²) in [7, 11) is 0. The van der Waals surface area contributed by atoms with Crippen molar-refractivity contribution < 1.29 is 14.7 Å². The fourth-order valence-electron chi connectivity index (χ4n) is 1.98. The van der Waals surface area contributed by atoms with E-state index in [1.165, 1.54) is 0 Å². The van der Waals surface area contributed by atoms with Crippen molar-refractivity contribution in [2.24, 2.45) is 5.92 Å². The Labute approximate surface area is 94.8 Å². The number of hydrogen-bond donors (Lipinski definition) is 2. The molecular weight excluding hydrogens is 208 g/mol. The van der Waals surface area contributed by atoms with E-state index < -0.39 is 12.0 Å². The van der Waals surface area contributed by atoms with Gasteiger partial charge in [-0.05, 0) is 38.5 Å². The lowest BCUT2D eigenvalue weighted by molar-refractivity contribution is -0.139. The number of carbonyl (C=O) groups excluding carboxylic acids is 1. The van der Waals surface area contributed by atoms with Crippen LogP contribution < -0.4 is 5.32 Å². The van der Waals surface area contributed by atoms with E-state index in [0.29, 0.717) is 12.6 Å². The average Bonchev–Trinajstić information content (AvgIpc) is 3.06. The molecule has 0 radical (unpaired) electrons. The van der Waals surface area contributed by atoms with Crippen LogP contribution in [0, 0.1) is 5.92 Å². The molecule has 2 amide bonds. The van der Waals surface area contributed by atoms with Crippen molar-refractivity contribution in [3.05, 3.63) is 0 Å². The number of aliphatic carboxylic acids is 1. The van der Waals surface area contributed by atoms with Gasteiger partial charge in [-0.2, -0.15) is 0 Å². The number of hydrogen-bond acceptors (Lipinski definition) is 2. The van der Waals surface area contributed by atoms with Crippen LogP contribution in [0.3, 0.4) is 0 Å². The van der Waals surface area contributed by atoms with Gasteiger partial charge in [0.2, 0.25) is 0 Å². The van der Waals surface area contributed by atoms with Crippen LogP contribution in [-0.4, -0.2) is 40.6 Å². The van der Waals surface area contributed by atoms with Crippen LogP contribution in [0.25, 0.3) is 0 Å². The highest BCUT2D eigenvalue weighted by molar-refractivity contribution is 5.83. The van der Waals surface area contributed by atoms with Gasteiger partial charge in [0.1, 0.15) is 6.04 Å². The maximum Gasteiger partial charge on any atom is 0.326 e. The van der Waals surface area contributed by atoms with E-state index in [4.69, 9.17) is 5.11 Å². The van der Waals surface area contributed by atoms with Gasteiger partial charge in [0.25, 0.3) is 0 Å². The second-order valence-corrected chi connectivity index (χ2v) is 4.62. The zero-order valence-corrected chi connectivity index (χ0v) is 9.48. The van der Waals surface area contributed by atoms with Crippen molar-refractivity contribution in [3.63, 3.8) is 0 Å². The Hall–Kier alpha value is -1.26. The Balaban J connectivity index is 1.90. The van der Waals surface area contributed by atoms with Gasteiger partial charge in [-0.25, -0.2) is 9.59 Å². The van der Waals surface area contributed by atoms with E-state index in [9.17, 15) is 9.59 Å². The SMILES string of the molecule is CCN(C(=O)NC(C(=O)O)C1CC1)C1CC1. The molecule has 0 saturated heterocycles. The number of amides is 2. The van der Waals surface area contributed by atoms with Crippen molar-refractivity contribution >= 4 is 12.0 Å². The maximum atomic E-state index is 11.9. The molecule has 0 heterocycles. The van der Waals surface area contributed by atoms with E-state index >= 15 is 0 Å². The van der Waals surface area contributed by atoms with Crippen molar-refractivity contribution in [2.75, 3.05) is 6.54 Å². The van der Waals surface area contributed by atoms with Gasteiger partial charge in [0, 0.05) is 12.6 Å². The third-order valence-corrected chi connectivity index (χ3v) is 3.23. The molecule has 2 aliphatic carbocycles. The molecule has 2 rings (SSSR count). The molecule has 5 nitrogen and oxygen atoms in total. The van der Waals surface area contributed by atoms with Gasteiger partial charge in [0.05, 0.1) is 0 Å². The van der Waals surface area contributed by atoms with E-state index in [1.54, 1.807) is 4.90 Å². The third kappa shape index (κ3) is 2.46. The summed E-state index contributed by atoms with van der Waals surface area (Å²) in [5.41, 5.74) is 0. The quantitative estimate of drug-likeness (QED) is 0.736. The van der Waals surface area contributed by atoms with E-state index in [0.717, 1.165) is 25.7 Å². The molecule has 5 heteroatoms. The molecular formula is C11H18N2O3. The van der Waals surface area contributed by atoms with Crippen LogP contribution >= 0.6 is 0 Å². The van der Waals surface area contributed by atoms with Gasteiger partial charge in [-0.15, -0.1) is 0 Å². The number of nitrogens with one attached hydrogen (secondary N) is 1. The van der Waals surface area contributed by atoms with E-state index in [2.05, 4.69) is 5.32 Å². The lowest BCUT2D eigenvalue weighted by atomic mass is 10.2. The summed E-state index contributed by atoms with van der Waals surface area (Å²) in [6, 6.07) is -0.580. The van der Waals surface area contributed by atoms with Crippen LogP contribution in [-0.2, 0) is 4.79 Å². The van der Waals surface area contributed by atoms with E-state index in [1.807, 2.05) is 6.92 Å². The van der Waals surface area contributed by atoms with Crippen LogP contribution in [0.2, 0.25) is 0 Å². The van der Waals surface area contributed by atoms with E-state index in [-0.39, 0.29) is 11.9 Å². The molecule has 1 unspecified atom stereocenters. The molecule has 0 aromatic carbocycles. The minimum Gasteiger partial charge on any atom is -0.480 e. The second kappa shape index (κ2) is 4.31. The minimum absolute atomic E-state index is 0.138. The summed E-state index contributed by atoms with van der Waals surface area (Å²) in [5.74, 6) is -0.776. The molecule has 0 aromatic heterocycles. The first kappa shape index (κ1) is 11.2. The number of carboxylic acids is 1. The Morgan fingerprint density at radius 1 is 1.38 bits per heavy atom. The zero-order valence-electron chi connectivity index (χ0n) is 9.48. The van der Waals surface area contributed by atoms with Crippen molar-refractivity contribution in [1.82, 2.24) is 10.2 Å². The molecule has 2 fully saturated rings. The van der Waals surface area contributed by atoms with Gasteiger partial charge < -0.3 is 15.3 Å². The fraction of sp³-hybridized carbons (Fsp3) is 0.818. The predicted molar refractivity (Wildman–Crippen MR) is 58.1 cm³/mol. The van der Waals surface area contributed by atoms with Crippen LogP contribution in [0.15, 0.2) is 0 Å². The molecule has 1 atom stereocenters. The average molecular weight is 226 g/mol. The van der Waals surface area contributed by atoms with Crippen LogP contribution in [0.5, 0.6) is 0 Å². The Morgan fingerprint density at radius 2 is 2.00 bits per heavy atom. The summed E-state index contributed by atoms with van der Waals surface area (Å²) in [4.78, 5) is 24.6. The molecule has 0 aliphatic heterocycles. The predicted octanol–water partition coefficient (Wildman–Crippen LogP) is 1.04. The van der Waals surface area contributed by atoms with Crippen molar-refractivity contribution in [1.29, 1.82) is 0 Å². The lowest BCUT2D eigenvalue weighted by Gasteiger charge is -2.23. The molecule has 0 bridgehead atoms. The summed E-state index contributed by atoms with van der Waals surface area (Å²) in [5, 5.41) is 11.6. The summed E-state index contributed by atoms with van der Waals surface area (Å²) in [6.07, 6.45) is 3.91. The molecule has 0 spiro atoms. The van der Waals surface area contributed by atoms with Gasteiger partial charge >= 0.3 is 12.0 Å². The molecule has 90 valence electrons. The molecule has 16 heavy (non-hydrogen) atoms. The highest BCUT2D eigenvalue weighted by Gasteiger charge is 2.39. The number of nitrogens with zero attached hydrogens (tertiary/aromatic N) is 1. The van der Waals surface area contributed by atoms with Gasteiger partial charge in [-0.3, -0.25) is 0 Å². The van der Waals surface area contributed by atoms with Crippen LogP contribution in [0.4, 0.5) is 4.79 Å². The second-order valence-electron chi connectivity index (χ2n) is 4.62. The molecule has 2 saturated carbocycles. The zero-order chi connectivity index (χ0) is 11.7. The summed E-state index contributed by atoms with van der Waals surface area (Å²) >= 11 is 0. The lowest BCUT2D eigenvalue weighted by Crippen LogP contribution is -2.49. The monoisotopic (exact) mass is 226 g/mol. The van der Waals surface area contributed by atoms with Crippen molar-refractivity contribution in [3.8, 4) is 0 Å². The Kier molecular flexibility index (Phi) is 3.03. The number of rotatable bonds is 5. The molecule has 0 aromatic rings. The third-order valence-electron chi connectivity index (χ3n) is 3.23. The fourth-order valence-corrected chi connectivity index (χ4v) is 1.98. The number of urea groups is 1. The smallest absolute Gasteiger partial charge is 0.326 e. The molecule has 2 N–H and O–H groups in total. The summed E-state index contributed by atoms with van der Waals surface area (Å²) < 4.78 is 0. The molecule has 2 aliphatic rings. The maximum absolute atomic E-state index is 11.9. The topological polar surface area (TPSA) is 69.6 Å².